The van der Waals surface area contributed by atoms with Crippen molar-refractivity contribution in [2.24, 2.45) is 5.73 Å². The molecule has 1 saturated heterocycles. The molecule has 22 heavy (non-hydrogen) atoms. The Hall–Kier alpha value is -0.320. The molecule has 1 atom stereocenters. The summed E-state index contributed by atoms with van der Waals surface area (Å²) in [6, 6.07) is -0.336. The molecule has 1 heterocycles. The van der Waals surface area contributed by atoms with Gasteiger partial charge in [-0.15, -0.1) is 12.4 Å². The third kappa shape index (κ3) is 5.10. The van der Waals surface area contributed by atoms with E-state index in [2.05, 4.69) is 17.1 Å². The summed E-state index contributed by atoms with van der Waals surface area (Å²) in [5, 5.41) is 3.17. The van der Waals surface area contributed by atoms with E-state index >= 15 is 0 Å². The molecular weight excluding hydrogens is 298 g/mol. The quantitative estimate of drug-likeness (QED) is 0.786. The molecule has 0 aromatic carbocycles. The van der Waals surface area contributed by atoms with Crippen LogP contribution in [0.15, 0.2) is 0 Å². The minimum atomic E-state index is -0.336. The number of rotatable bonds is 6. The number of hydrogen-bond donors (Lipinski definition) is 2. The van der Waals surface area contributed by atoms with Gasteiger partial charge >= 0.3 is 0 Å². The second kappa shape index (κ2) is 9.74. The van der Waals surface area contributed by atoms with E-state index < -0.39 is 0 Å². The number of nitrogens with two attached hydrogens (primary N) is 1. The van der Waals surface area contributed by atoms with E-state index in [0.717, 1.165) is 19.4 Å². The first-order chi connectivity index (χ1) is 10.2. The zero-order valence-electron chi connectivity index (χ0n) is 14.1. The molecule has 4 nitrogen and oxygen atoms in total. The molecule has 3 N–H and O–H groups in total. The Morgan fingerprint density at radius 2 is 1.73 bits per heavy atom. The number of carbonyl (C=O) groups excluding carboxylic acids is 1. The van der Waals surface area contributed by atoms with Gasteiger partial charge < -0.3 is 11.1 Å². The summed E-state index contributed by atoms with van der Waals surface area (Å²) < 4.78 is 0. The van der Waals surface area contributed by atoms with Crippen LogP contribution in [-0.4, -0.2) is 42.0 Å². The molecule has 5 heteroatoms. The van der Waals surface area contributed by atoms with Gasteiger partial charge in [-0.3, -0.25) is 9.69 Å². The molecule has 2 rings (SSSR count). The molecule has 2 aliphatic rings. The fraction of sp³-hybridized carbons (Fsp3) is 0.941. The summed E-state index contributed by atoms with van der Waals surface area (Å²) >= 11 is 0. The van der Waals surface area contributed by atoms with Crippen molar-refractivity contribution in [3.63, 3.8) is 0 Å². The average Bonchev–Trinajstić information content (AvgIpc) is 2.54. The molecule has 0 aromatic rings. The first-order valence-corrected chi connectivity index (χ1v) is 8.96. The van der Waals surface area contributed by atoms with Crippen LogP contribution in [0.3, 0.4) is 0 Å². The van der Waals surface area contributed by atoms with E-state index in [1.165, 1.54) is 64.5 Å². The lowest BCUT2D eigenvalue weighted by Gasteiger charge is -2.48. The number of likely N-dealkylation sites (tertiary alicyclic amines) is 1. The molecule has 2 fully saturated rings. The van der Waals surface area contributed by atoms with E-state index in [-0.39, 0.29) is 29.9 Å². The number of hydrogen-bond acceptors (Lipinski definition) is 3. The van der Waals surface area contributed by atoms with Crippen molar-refractivity contribution >= 4 is 18.3 Å². The highest BCUT2D eigenvalue weighted by atomic mass is 35.5. The number of carbonyl (C=O) groups is 1. The molecule has 0 aromatic heterocycles. The van der Waals surface area contributed by atoms with Gasteiger partial charge in [0, 0.05) is 12.1 Å². The lowest BCUT2D eigenvalue weighted by molar-refractivity contribution is -0.123. The van der Waals surface area contributed by atoms with Crippen molar-refractivity contribution in [1.82, 2.24) is 10.2 Å². The summed E-state index contributed by atoms with van der Waals surface area (Å²) in [6.45, 7) is 5.28. The van der Waals surface area contributed by atoms with Crippen LogP contribution in [0.25, 0.3) is 0 Å². The van der Waals surface area contributed by atoms with Crippen LogP contribution in [0, 0.1) is 0 Å². The Morgan fingerprint density at radius 1 is 1.14 bits per heavy atom. The zero-order valence-corrected chi connectivity index (χ0v) is 14.9. The van der Waals surface area contributed by atoms with Crippen LogP contribution in [0.2, 0.25) is 0 Å². The third-order valence-electron chi connectivity index (χ3n) is 5.34. The highest BCUT2D eigenvalue weighted by molar-refractivity contribution is 5.85. The third-order valence-corrected chi connectivity index (χ3v) is 5.34. The molecule has 1 saturated carbocycles. The maximum atomic E-state index is 12.1. The SMILES string of the molecule is CCCC(N)C(=O)NCC1(N2CCCCC2)CCCCC1.Cl. The monoisotopic (exact) mass is 331 g/mol. The molecule has 1 aliphatic carbocycles. The van der Waals surface area contributed by atoms with Crippen LogP contribution in [-0.2, 0) is 4.79 Å². The van der Waals surface area contributed by atoms with E-state index in [1.807, 2.05) is 0 Å². The Balaban J connectivity index is 0.00000242. The van der Waals surface area contributed by atoms with Crippen LogP contribution in [0.5, 0.6) is 0 Å². The predicted molar refractivity (Wildman–Crippen MR) is 94.4 cm³/mol. The Morgan fingerprint density at radius 3 is 2.32 bits per heavy atom. The first-order valence-electron chi connectivity index (χ1n) is 8.96. The Kier molecular flexibility index (Phi) is 8.73. The second-order valence-corrected chi connectivity index (χ2v) is 6.95. The van der Waals surface area contributed by atoms with Gasteiger partial charge in [-0.1, -0.05) is 39.0 Å². The maximum Gasteiger partial charge on any atom is 0.236 e. The van der Waals surface area contributed by atoms with Gasteiger partial charge in [0.05, 0.1) is 6.04 Å². The van der Waals surface area contributed by atoms with Gasteiger partial charge in [0.15, 0.2) is 0 Å². The van der Waals surface area contributed by atoms with E-state index in [1.54, 1.807) is 0 Å². The minimum absolute atomic E-state index is 0. The molecule has 0 spiro atoms. The zero-order chi connectivity index (χ0) is 15.1. The maximum absolute atomic E-state index is 12.1. The van der Waals surface area contributed by atoms with Crippen molar-refractivity contribution in [3.8, 4) is 0 Å². The summed E-state index contributed by atoms with van der Waals surface area (Å²) in [7, 11) is 0. The number of piperidine rings is 1. The largest absolute Gasteiger partial charge is 0.353 e. The fourth-order valence-electron chi connectivity index (χ4n) is 4.01. The minimum Gasteiger partial charge on any atom is -0.353 e. The Labute approximate surface area is 142 Å². The molecule has 1 unspecified atom stereocenters. The molecule has 0 radical (unpaired) electrons. The smallest absolute Gasteiger partial charge is 0.236 e. The standard InChI is InChI=1S/C17H33N3O.ClH/c1-2-9-15(18)16(21)19-14-17(10-5-3-6-11-17)20-12-7-4-8-13-20;/h15H,2-14,18H2,1H3,(H,19,21);1H. The first kappa shape index (κ1) is 19.7. The van der Waals surface area contributed by atoms with Crippen molar-refractivity contribution in [2.45, 2.75) is 82.7 Å². The van der Waals surface area contributed by atoms with Gasteiger partial charge in [-0.2, -0.15) is 0 Å². The van der Waals surface area contributed by atoms with Crippen molar-refractivity contribution in [3.05, 3.63) is 0 Å². The molecular formula is C17H34ClN3O. The van der Waals surface area contributed by atoms with Crippen molar-refractivity contribution in [1.29, 1.82) is 0 Å². The molecule has 1 aliphatic heterocycles. The van der Waals surface area contributed by atoms with Crippen LogP contribution in [0.4, 0.5) is 0 Å². The number of amides is 1. The normalized spacial score (nSPS) is 23.4. The number of nitrogens with one attached hydrogen (secondary N) is 1. The summed E-state index contributed by atoms with van der Waals surface area (Å²) in [5.74, 6) is 0.0406. The van der Waals surface area contributed by atoms with Gasteiger partial charge in [0.1, 0.15) is 0 Å². The van der Waals surface area contributed by atoms with E-state index in [0.29, 0.717) is 0 Å². The van der Waals surface area contributed by atoms with Gasteiger partial charge in [-0.25, -0.2) is 0 Å². The highest BCUT2D eigenvalue weighted by Gasteiger charge is 2.38. The summed E-state index contributed by atoms with van der Waals surface area (Å²) in [4.78, 5) is 14.8. The number of nitrogens with zero attached hydrogens (tertiary/aromatic N) is 1. The molecule has 0 bridgehead atoms. The van der Waals surface area contributed by atoms with Crippen molar-refractivity contribution in [2.75, 3.05) is 19.6 Å². The summed E-state index contributed by atoms with van der Waals surface area (Å²) in [6.07, 6.45) is 12.1. The molecule has 1 amide bonds. The van der Waals surface area contributed by atoms with Crippen LogP contribution < -0.4 is 11.1 Å². The predicted octanol–water partition coefficient (Wildman–Crippen LogP) is 2.84. The highest BCUT2D eigenvalue weighted by Crippen LogP contribution is 2.35. The van der Waals surface area contributed by atoms with E-state index in [4.69, 9.17) is 5.73 Å². The Bertz CT molecular complexity index is 326. The number of halogens is 1. The fourth-order valence-corrected chi connectivity index (χ4v) is 4.01. The summed E-state index contributed by atoms with van der Waals surface area (Å²) in [5.41, 5.74) is 6.15. The van der Waals surface area contributed by atoms with Crippen molar-refractivity contribution < 1.29 is 4.79 Å². The molecule has 130 valence electrons. The van der Waals surface area contributed by atoms with E-state index in [9.17, 15) is 4.79 Å². The van der Waals surface area contributed by atoms with Gasteiger partial charge in [-0.05, 0) is 45.2 Å². The van der Waals surface area contributed by atoms with Crippen LogP contribution >= 0.6 is 12.4 Å². The average molecular weight is 332 g/mol. The second-order valence-electron chi connectivity index (χ2n) is 6.95. The lowest BCUT2D eigenvalue weighted by Crippen LogP contribution is -2.59. The van der Waals surface area contributed by atoms with Gasteiger partial charge in [0.25, 0.3) is 0 Å². The van der Waals surface area contributed by atoms with Crippen LogP contribution in [0.1, 0.15) is 71.1 Å². The lowest BCUT2D eigenvalue weighted by atomic mass is 9.79. The van der Waals surface area contributed by atoms with Gasteiger partial charge in [0.2, 0.25) is 5.91 Å². The topological polar surface area (TPSA) is 58.4 Å².